The second-order valence-electron chi connectivity index (χ2n) is 5.62. The maximum Gasteiger partial charge on any atom is 0.0379 e. The maximum atomic E-state index is 3.60. The van der Waals surface area contributed by atoms with Gasteiger partial charge in [0.05, 0.1) is 0 Å². The molecule has 1 fully saturated rings. The molecule has 17 heavy (non-hydrogen) atoms. The lowest BCUT2D eigenvalue weighted by molar-refractivity contribution is 0.176. The highest BCUT2D eigenvalue weighted by molar-refractivity contribution is 5.61. The largest absolute Gasteiger partial charge is 0.384 e. The van der Waals surface area contributed by atoms with Crippen LogP contribution in [0.15, 0.2) is 18.2 Å². The first-order valence-electron chi connectivity index (χ1n) is 6.81. The molecule has 2 aliphatic heterocycles. The zero-order valence-electron chi connectivity index (χ0n) is 10.9. The van der Waals surface area contributed by atoms with Crippen LogP contribution in [0.5, 0.6) is 0 Å². The summed E-state index contributed by atoms with van der Waals surface area (Å²) in [7, 11) is 0. The van der Waals surface area contributed by atoms with Gasteiger partial charge in [-0.2, -0.15) is 0 Å². The van der Waals surface area contributed by atoms with Crippen LogP contribution >= 0.6 is 0 Å². The van der Waals surface area contributed by atoms with Crippen molar-refractivity contribution in [2.75, 3.05) is 31.5 Å². The molecular weight excluding hydrogens is 208 g/mol. The summed E-state index contributed by atoms with van der Waals surface area (Å²) in [5, 5.41) is 3.60. The summed E-state index contributed by atoms with van der Waals surface area (Å²) in [6.45, 7) is 9.32. The van der Waals surface area contributed by atoms with Gasteiger partial charge in [0.15, 0.2) is 0 Å². The molecule has 2 aliphatic rings. The number of nitrogens with zero attached hydrogens (tertiary/aromatic N) is 1. The second kappa shape index (κ2) is 4.02. The van der Waals surface area contributed by atoms with Gasteiger partial charge in [0.1, 0.15) is 0 Å². The highest BCUT2D eigenvalue weighted by Gasteiger charge is 2.40. The number of anilines is 1. The van der Waals surface area contributed by atoms with Crippen molar-refractivity contribution in [1.82, 2.24) is 4.90 Å². The molecule has 1 N–H and O–H groups in total. The van der Waals surface area contributed by atoms with Crippen molar-refractivity contribution < 1.29 is 0 Å². The number of nitrogens with one attached hydrogen (secondary N) is 1. The molecule has 2 nitrogen and oxygen atoms in total. The number of benzene rings is 1. The molecule has 1 saturated heterocycles. The first-order chi connectivity index (χ1) is 8.23. The molecular formula is C15H22N2. The second-order valence-corrected chi connectivity index (χ2v) is 5.62. The summed E-state index contributed by atoms with van der Waals surface area (Å²) in [5.41, 5.74) is 4.77. The van der Waals surface area contributed by atoms with Crippen molar-refractivity contribution in [2.45, 2.75) is 32.1 Å². The van der Waals surface area contributed by atoms with Crippen molar-refractivity contribution in [2.24, 2.45) is 0 Å². The summed E-state index contributed by atoms with van der Waals surface area (Å²) in [6, 6.07) is 6.87. The number of piperidine rings is 1. The van der Waals surface area contributed by atoms with Crippen LogP contribution in [0, 0.1) is 6.92 Å². The fraction of sp³-hybridized carbons (Fsp3) is 0.600. The molecule has 0 atom stereocenters. The SMILES string of the molecule is CCN1CCC2(CC1)CNc1ccc(C)cc12. The smallest absolute Gasteiger partial charge is 0.0379 e. The molecule has 2 heterocycles. The van der Waals surface area contributed by atoms with E-state index >= 15 is 0 Å². The number of fused-ring (bicyclic) bond motifs is 2. The van der Waals surface area contributed by atoms with Crippen molar-refractivity contribution in [1.29, 1.82) is 0 Å². The van der Waals surface area contributed by atoms with E-state index < -0.39 is 0 Å². The molecule has 0 saturated carbocycles. The molecule has 1 aromatic carbocycles. The third-order valence-electron chi connectivity index (χ3n) is 4.62. The van der Waals surface area contributed by atoms with Gasteiger partial charge < -0.3 is 10.2 Å². The normalized spacial score (nSPS) is 22.5. The summed E-state index contributed by atoms with van der Waals surface area (Å²) < 4.78 is 0. The minimum absolute atomic E-state index is 0.424. The van der Waals surface area contributed by atoms with E-state index in [1.807, 2.05) is 0 Å². The van der Waals surface area contributed by atoms with E-state index in [2.05, 4.69) is 42.3 Å². The Morgan fingerprint density at radius 1 is 1.29 bits per heavy atom. The molecule has 2 heteroatoms. The lowest BCUT2D eigenvalue weighted by Crippen LogP contribution is -2.43. The van der Waals surface area contributed by atoms with E-state index in [1.165, 1.54) is 43.7 Å². The minimum Gasteiger partial charge on any atom is -0.384 e. The monoisotopic (exact) mass is 230 g/mol. The van der Waals surface area contributed by atoms with Crippen LogP contribution in [0.2, 0.25) is 0 Å². The number of hydrogen-bond acceptors (Lipinski definition) is 2. The van der Waals surface area contributed by atoms with Gasteiger partial charge in [0.25, 0.3) is 0 Å². The first kappa shape index (κ1) is 11.1. The average Bonchev–Trinajstić information content (AvgIpc) is 2.70. The van der Waals surface area contributed by atoms with Crippen LogP contribution in [0.25, 0.3) is 0 Å². The summed E-state index contributed by atoms with van der Waals surface area (Å²) in [5.74, 6) is 0. The highest BCUT2D eigenvalue weighted by atomic mass is 15.1. The van der Waals surface area contributed by atoms with Crippen LogP contribution in [0.3, 0.4) is 0 Å². The Labute approximate surface area is 104 Å². The van der Waals surface area contributed by atoms with Gasteiger partial charge >= 0.3 is 0 Å². The Kier molecular flexibility index (Phi) is 2.62. The fourth-order valence-electron chi connectivity index (χ4n) is 3.35. The zero-order chi connectivity index (χ0) is 11.9. The van der Waals surface area contributed by atoms with Crippen molar-refractivity contribution >= 4 is 5.69 Å². The predicted octanol–water partition coefficient (Wildman–Crippen LogP) is 2.77. The predicted molar refractivity (Wildman–Crippen MR) is 72.7 cm³/mol. The van der Waals surface area contributed by atoms with E-state index in [4.69, 9.17) is 0 Å². The molecule has 0 radical (unpaired) electrons. The van der Waals surface area contributed by atoms with E-state index in [0.29, 0.717) is 5.41 Å². The molecule has 1 aromatic rings. The van der Waals surface area contributed by atoms with Gasteiger partial charge in [-0.05, 0) is 51.0 Å². The molecule has 0 amide bonds. The van der Waals surface area contributed by atoms with Crippen molar-refractivity contribution in [3.8, 4) is 0 Å². The highest BCUT2D eigenvalue weighted by Crippen LogP contribution is 2.44. The molecule has 92 valence electrons. The van der Waals surface area contributed by atoms with Gasteiger partial charge in [-0.15, -0.1) is 0 Å². The van der Waals surface area contributed by atoms with Crippen molar-refractivity contribution in [3.63, 3.8) is 0 Å². The summed E-state index contributed by atoms with van der Waals surface area (Å²) in [6.07, 6.45) is 2.62. The minimum atomic E-state index is 0.424. The van der Waals surface area contributed by atoms with Gasteiger partial charge in [-0.25, -0.2) is 0 Å². The topological polar surface area (TPSA) is 15.3 Å². The van der Waals surface area contributed by atoms with E-state index in [9.17, 15) is 0 Å². The maximum absolute atomic E-state index is 3.60. The lowest BCUT2D eigenvalue weighted by atomic mass is 9.74. The molecule has 3 rings (SSSR count). The summed E-state index contributed by atoms with van der Waals surface area (Å²) >= 11 is 0. The Bertz CT molecular complexity index is 417. The Hall–Kier alpha value is -1.02. The number of rotatable bonds is 1. The lowest BCUT2D eigenvalue weighted by Gasteiger charge is -2.39. The van der Waals surface area contributed by atoms with Crippen molar-refractivity contribution in [3.05, 3.63) is 29.3 Å². The van der Waals surface area contributed by atoms with Crippen LogP contribution in [0.1, 0.15) is 30.9 Å². The first-order valence-corrected chi connectivity index (χ1v) is 6.81. The standard InChI is InChI=1S/C15H22N2/c1-3-17-8-6-15(7-9-17)11-16-14-5-4-12(2)10-13(14)15/h4-5,10,16H,3,6-9,11H2,1-2H3. The zero-order valence-corrected chi connectivity index (χ0v) is 10.9. The number of aryl methyl sites for hydroxylation is 1. The van der Waals surface area contributed by atoms with E-state index in [-0.39, 0.29) is 0 Å². The van der Waals surface area contributed by atoms with Crippen LogP contribution in [0.4, 0.5) is 5.69 Å². The third kappa shape index (κ3) is 1.75. The molecule has 0 aliphatic carbocycles. The molecule has 0 unspecified atom stereocenters. The average molecular weight is 230 g/mol. The van der Waals surface area contributed by atoms with Gasteiger partial charge in [0.2, 0.25) is 0 Å². The number of hydrogen-bond donors (Lipinski definition) is 1. The van der Waals surface area contributed by atoms with E-state index in [1.54, 1.807) is 5.56 Å². The van der Waals surface area contributed by atoms with E-state index in [0.717, 1.165) is 6.54 Å². The molecule has 0 bridgehead atoms. The van der Waals surface area contributed by atoms with Crippen LogP contribution in [-0.4, -0.2) is 31.1 Å². The molecule has 1 spiro atoms. The fourth-order valence-corrected chi connectivity index (χ4v) is 3.35. The third-order valence-corrected chi connectivity index (χ3v) is 4.62. The Balaban J connectivity index is 1.90. The van der Waals surface area contributed by atoms with Gasteiger partial charge in [0, 0.05) is 17.6 Å². The Morgan fingerprint density at radius 3 is 2.76 bits per heavy atom. The quantitative estimate of drug-likeness (QED) is 0.798. The van der Waals surface area contributed by atoms with Crippen LogP contribution < -0.4 is 5.32 Å². The Morgan fingerprint density at radius 2 is 2.06 bits per heavy atom. The van der Waals surface area contributed by atoms with Gasteiger partial charge in [-0.3, -0.25) is 0 Å². The van der Waals surface area contributed by atoms with Gasteiger partial charge in [-0.1, -0.05) is 24.6 Å². The molecule has 0 aromatic heterocycles. The number of likely N-dealkylation sites (tertiary alicyclic amines) is 1. The van der Waals surface area contributed by atoms with Crippen LogP contribution in [-0.2, 0) is 5.41 Å². The summed E-state index contributed by atoms with van der Waals surface area (Å²) in [4.78, 5) is 2.57.